The number of rotatable bonds is 6. The second-order valence-corrected chi connectivity index (χ2v) is 6.20. The molecule has 116 valence electrons. The number of benzene rings is 1. The van der Waals surface area contributed by atoms with Crippen LogP contribution in [0.15, 0.2) is 22.7 Å². The van der Waals surface area contributed by atoms with Gasteiger partial charge in [-0.05, 0) is 40.4 Å². The van der Waals surface area contributed by atoms with Crippen molar-refractivity contribution in [1.29, 1.82) is 0 Å². The number of hydrogen-bond donors (Lipinski definition) is 0. The summed E-state index contributed by atoms with van der Waals surface area (Å²) in [5.41, 5.74) is 1.64. The number of carbonyl (C=O) groups excluding carboxylic acids is 2. The van der Waals surface area contributed by atoms with Crippen molar-refractivity contribution in [3.05, 3.63) is 33.8 Å². The Hall–Kier alpha value is -1.36. The molecule has 5 heteroatoms. The van der Waals surface area contributed by atoms with E-state index in [2.05, 4.69) is 20.7 Å². The van der Waals surface area contributed by atoms with Gasteiger partial charge in [0.05, 0.1) is 19.1 Å². The zero-order chi connectivity index (χ0) is 16.0. The van der Waals surface area contributed by atoms with Crippen LogP contribution >= 0.6 is 15.9 Å². The quantitative estimate of drug-likeness (QED) is 0.734. The van der Waals surface area contributed by atoms with Crippen LogP contribution in [-0.2, 0) is 9.53 Å². The van der Waals surface area contributed by atoms with Gasteiger partial charge in [0.25, 0.3) is 5.91 Å². The topological polar surface area (TPSA) is 46.6 Å². The summed E-state index contributed by atoms with van der Waals surface area (Å²) in [4.78, 5) is 25.7. The molecule has 0 saturated carbocycles. The molecular formula is C16H22BrNO3. The molecule has 0 heterocycles. The highest BCUT2D eigenvalue weighted by Crippen LogP contribution is 2.23. The third kappa shape index (κ3) is 5.16. The van der Waals surface area contributed by atoms with Crippen molar-refractivity contribution in [2.24, 2.45) is 5.92 Å². The molecule has 21 heavy (non-hydrogen) atoms. The molecule has 0 bridgehead atoms. The lowest BCUT2D eigenvalue weighted by atomic mass is 10.1. The summed E-state index contributed by atoms with van der Waals surface area (Å²) in [6.45, 7) is 7.01. The third-order valence-corrected chi connectivity index (χ3v) is 4.16. The molecule has 0 atom stereocenters. The molecule has 1 rings (SSSR count). The Kier molecular flexibility index (Phi) is 6.89. The van der Waals surface area contributed by atoms with Gasteiger partial charge in [0.1, 0.15) is 0 Å². The summed E-state index contributed by atoms with van der Waals surface area (Å²) in [5, 5.41) is 0. The first-order valence-electron chi connectivity index (χ1n) is 6.98. The normalized spacial score (nSPS) is 10.6. The molecule has 1 aromatic carbocycles. The Bertz CT molecular complexity index is 514. The van der Waals surface area contributed by atoms with E-state index in [-0.39, 0.29) is 18.3 Å². The summed E-state index contributed by atoms with van der Waals surface area (Å²) in [6.07, 6.45) is 0.207. The van der Waals surface area contributed by atoms with Crippen molar-refractivity contribution in [1.82, 2.24) is 4.90 Å². The highest BCUT2D eigenvalue weighted by Gasteiger charge is 2.20. The van der Waals surface area contributed by atoms with Gasteiger partial charge in [-0.3, -0.25) is 9.59 Å². The van der Waals surface area contributed by atoms with E-state index in [0.29, 0.717) is 24.6 Å². The fourth-order valence-electron chi connectivity index (χ4n) is 2.03. The van der Waals surface area contributed by atoms with E-state index in [4.69, 9.17) is 0 Å². The van der Waals surface area contributed by atoms with Crippen LogP contribution in [0, 0.1) is 12.8 Å². The minimum atomic E-state index is -0.306. The van der Waals surface area contributed by atoms with Crippen molar-refractivity contribution < 1.29 is 14.3 Å². The van der Waals surface area contributed by atoms with Crippen molar-refractivity contribution in [3.8, 4) is 0 Å². The van der Waals surface area contributed by atoms with Crippen molar-refractivity contribution in [2.75, 3.05) is 20.2 Å². The van der Waals surface area contributed by atoms with Gasteiger partial charge < -0.3 is 9.64 Å². The Balaban J connectivity index is 2.93. The molecule has 0 saturated heterocycles. The van der Waals surface area contributed by atoms with Crippen LogP contribution in [0.1, 0.15) is 36.2 Å². The highest BCUT2D eigenvalue weighted by atomic mass is 79.9. The average molecular weight is 356 g/mol. The largest absolute Gasteiger partial charge is 0.469 e. The minimum absolute atomic E-state index is 0.0665. The monoisotopic (exact) mass is 355 g/mol. The van der Waals surface area contributed by atoms with E-state index in [1.54, 1.807) is 11.0 Å². The van der Waals surface area contributed by atoms with Crippen LogP contribution in [0.5, 0.6) is 0 Å². The molecule has 4 nitrogen and oxygen atoms in total. The molecule has 0 aliphatic rings. The van der Waals surface area contributed by atoms with Crippen LogP contribution in [-0.4, -0.2) is 37.0 Å². The second kappa shape index (κ2) is 8.17. The predicted octanol–water partition coefficient (Wildman–Crippen LogP) is 3.42. The second-order valence-electron chi connectivity index (χ2n) is 5.41. The Morgan fingerprint density at radius 2 is 2.00 bits per heavy atom. The predicted molar refractivity (Wildman–Crippen MR) is 86.3 cm³/mol. The smallest absolute Gasteiger partial charge is 0.307 e. The number of halogens is 1. The van der Waals surface area contributed by atoms with Gasteiger partial charge in [-0.1, -0.05) is 26.0 Å². The van der Waals surface area contributed by atoms with E-state index < -0.39 is 0 Å². The zero-order valence-corrected chi connectivity index (χ0v) is 14.6. The van der Waals surface area contributed by atoms with E-state index in [0.717, 1.165) is 10.0 Å². The van der Waals surface area contributed by atoms with Crippen LogP contribution in [0.3, 0.4) is 0 Å². The first-order chi connectivity index (χ1) is 9.86. The third-order valence-electron chi connectivity index (χ3n) is 3.11. The van der Waals surface area contributed by atoms with Gasteiger partial charge in [0.15, 0.2) is 0 Å². The molecule has 1 aromatic rings. The molecule has 1 amide bonds. The Labute approximate surface area is 134 Å². The van der Waals surface area contributed by atoms with Gasteiger partial charge in [0.2, 0.25) is 0 Å². The van der Waals surface area contributed by atoms with Crippen LogP contribution < -0.4 is 0 Å². The van der Waals surface area contributed by atoms with E-state index in [1.165, 1.54) is 7.11 Å². The molecular weight excluding hydrogens is 334 g/mol. The Morgan fingerprint density at radius 1 is 1.33 bits per heavy atom. The summed E-state index contributed by atoms with van der Waals surface area (Å²) >= 11 is 3.47. The molecule has 0 unspecified atom stereocenters. The minimum Gasteiger partial charge on any atom is -0.469 e. The van der Waals surface area contributed by atoms with Gasteiger partial charge in [0, 0.05) is 17.6 Å². The van der Waals surface area contributed by atoms with E-state index >= 15 is 0 Å². The number of aryl methyl sites for hydroxylation is 1. The standard InChI is InChI=1S/C16H22BrNO3/c1-11(2)10-18(9-8-14(19)21-4)16(20)13-7-5-6-12(3)15(13)17/h5-7,11H,8-10H2,1-4H3. The SMILES string of the molecule is COC(=O)CCN(CC(C)C)C(=O)c1cccc(C)c1Br. The maximum Gasteiger partial charge on any atom is 0.307 e. The number of hydrogen-bond acceptors (Lipinski definition) is 3. The fourth-order valence-corrected chi connectivity index (χ4v) is 2.46. The lowest BCUT2D eigenvalue weighted by Gasteiger charge is -2.25. The summed E-state index contributed by atoms with van der Waals surface area (Å²) in [7, 11) is 1.36. The number of esters is 1. The molecule has 0 fully saturated rings. The number of ether oxygens (including phenoxy) is 1. The Morgan fingerprint density at radius 3 is 2.57 bits per heavy atom. The zero-order valence-electron chi connectivity index (χ0n) is 13.0. The van der Waals surface area contributed by atoms with E-state index in [1.807, 2.05) is 32.9 Å². The van der Waals surface area contributed by atoms with Crippen molar-refractivity contribution in [3.63, 3.8) is 0 Å². The summed E-state index contributed by atoms with van der Waals surface area (Å²) in [6, 6.07) is 5.61. The maximum absolute atomic E-state index is 12.7. The van der Waals surface area contributed by atoms with Crippen LogP contribution in [0.4, 0.5) is 0 Å². The van der Waals surface area contributed by atoms with Gasteiger partial charge in [-0.25, -0.2) is 0 Å². The molecule has 0 aliphatic carbocycles. The number of amides is 1. The summed E-state index contributed by atoms with van der Waals surface area (Å²) in [5.74, 6) is -0.0433. The average Bonchev–Trinajstić information content (AvgIpc) is 2.44. The van der Waals surface area contributed by atoms with Gasteiger partial charge in [-0.2, -0.15) is 0 Å². The molecule has 0 N–H and O–H groups in total. The first-order valence-corrected chi connectivity index (χ1v) is 7.77. The van der Waals surface area contributed by atoms with Crippen molar-refractivity contribution >= 4 is 27.8 Å². The molecule has 0 aliphatic heterocycles. The number of carbonyl (C=O) groups is 2. The van der Waals surface area contributed by atoms with Gasteiger partial charge in [-0.15, -0.1) is 0 Å². The first kappa shape index (κ1) is 17.7. The summed E-state index contributed by atoms with van der Waals surface area (Å²) < 4.78 is 5.45. The lowest BCUT2D eigenvalue weighted by Crippen LogP contribution is -2.36. The lowest BCUT2D eigenvalue weighted by molar-refractivity contribution is -0.140. The highest BCUT2D eigenvalue weighted by molar-refractivity contribution is 9.10. The molecule has 0 radical (unpaired) electrons. The van der Waals surface area contributed by atoms with Crippen LogP contribution in [0.2, 0.25) is 0 Å². The number of methoxy groups -OCH3 is 1. The van der Waals surface area contributed by atoms with Crippen LogP contribution in [0.25, 0.3) is 0 Å². The number of nitrogens with zero attached hydrogens (tertiary/aromatic N) is 1. The molecule has 0 spiro atoms. The van der Waals surface area contributed by atoms with E-state index in [9.17, 15) is 9.59 Å². The maximum atomic E-state index is 12.7. The van der Waals surface area contributed by atoms with Gasteiger partial charge >= 0.3 is 5.97 Å². The molecule has 0 aromatic heterocycles. The fraction of sp³-hybridized carbons (Fsp3) is 0.500. The van der Waals surface area contributed by atoms with Crippen molar-refractivity contribution in [2.45, 2.75) is 27.2 Å².